The lowest BCUT2D eigenvalue weighted by atomic mass is 10.8. The second kappa shape index (κ2) is 9.99. The molecule has 0 aromatic heterocycles. The first-order chi connectivity index (χ1) is 5.00. The Labute approximate surface area is 70.0 Å². The first-order valence-corrected chi connectivity index (χ1v) is 4.04. The van der Waals surface area contributed by atoms with E-state index in [1.807, 2.05) is 26.0 Å². The lowest BCUT2D eigenvalue weighted by Gasteiger charge is -2.01. The molecule has 0 amide bonds. The molecule has 2 N–H and O–H groups in total. The maximum Gasteiger partial charge on any atom is 0.0842 e. The predicted octanol–water partition coefficient (Wildman–Crippen LogP) is -1.07. The van der Waals surface area contributed by atoms with Gasteiger partial charge in [-0.2, -0.15) is 0 Å². The Morgan fingerprint density at radius 2 is 1.91 bits per heavy atom. The number of nitrogens with zero attached hydrogens (tertiary/aromatic N) is 1. The summed E-state index contributed by atoms with van der Waals surface area (Å²) in [5.41, 5.74) is 4.88. The molecule has 0 fully saturated rings. The van der Waals surface area contributed by atoms with Crippen LogP contribution in [0.3, 0.4) is 0 Å². The highest BCUT2D eigenvalue weighted by molar-refractivity contribution is 7.74. The standard InChI is InChI=1S/C3H9N.C2H7NO3S/c1-4(2)3;3-1-2-6-7(4)5/h1-3H3;1-3H2,(H,4,5)/p-1. The smallest absolute Gasteiger partial charge is 0.0842 e. The molecule has 0 radical (unpaired) electrons. The van der Waals surface area contributed by atoms with Crippen molar-refractivity contribution in [3.8, 4) is 0 Å². The lowest BCUT2D eigenvalue weighted by molar-refractivity contribution is 0.309. The molecule has 0 aliphatic rings. The molecule has 1 atom stereocenters. The largest absolute Gasteiger partial charge is 0.750 e. The SMILES string of the molecule is CN(C)C.NCCOS(=O)[O-]. The van der Waals surface area contributed by atoms with Crippen molar-refractivity contribution in [1.82, 2.24) is 4.90 Å². The zero-order valence-electron chi connectivity index (χ0n) is 7.07. The molecule has 0 spiro atoms. The van der Waals surface area contributed by atoms with Crippen LogP contribution in [0.25, 0.3) is 0 Å². The van der Waals surface area contributed by atoms with Gasteiger partial charge in [0.05, 0.1) is 18.0 Å². The van der Waals surface area contributed by atoms with Gasteiger partial charge >= 0.3 is 0 Å². The van der Waals surface area contributed by atoms with Crippen LogP contribution < -0.4 is 5.73 Å². The third-order valence-electron chi connectivity index (χ3n) is 0.297. The lowest BCUT2D eigenvalue weighted by Crippen LogP contribution is -2.09. The van der Waals surface area contributed by atoms with Crippen LogP contribution in [0, 0.1) is 0 Å². The van der Waals surface area contributed by atoms with Gasteiger partial charge in [0, 0.05) is 6.54 Å². The van der Waals surface area contributed by atoms with Crippen molar-refractivity contribution >= 4 is 11.4 Å². The molecule has 0 saturated carbocycles. The third kappa shape index (κ3) is 40.1. The zero-order valence-corrected chi connectivity index (χ0v) is 7.89. The van der Waals surface area contributed by atoms with E-state index in [1.165, 1.54) is 0 Å². The van der Waals surface area contributed by atoms with Crippen molar-refractivity contribution in [2.75, 3.05) is 34.3 Å². The molecular formula is C5H15N2O3S-. The molecule has 0 heterocycles. The zero-order chi connectivity index (χ0) is 9.28. The average molecular weight is 183 g/mol. The molecule has 1 unspecified atom stereocenters. The molecule has 11 heavy (non-hydrogen) atoms. The Morgan fingerprint density at radius 3 is 2.00 bits per heavy atom. The van der Waals surface area contributed by atoms with Crippen LogP contribution in [0.5, 0.6) is 0 Å². The van der Waals surface area contributed by atoms with E-state index in [1.54, 1.807) is 0 Å². The van der Waals surface area contributed by atoms with E-state index < -0.39 is 11.4 Å². The molecule has 0 saturated heterocycles. The van der Waals surface area contributed by atoms with Gasteiger partial charge in [-0.05, 0) is 21.1 Å². The van der Waals surface area contributed by atoms with E-state index >= 15 is 0 Å². The van der Waals surface area contributed by atoms with Gasteiger partial charge in [-0.15, -0.1) is 0 Å². The third-order valence-corrected chi connectivity index (χ3v) is 0.657. The number of nitrogens with two attached hydrogens (primary N) is 1. The quantitative estimate of drug-likeness (QED) is 0.564. The molecule has 0 aliphatic carbocycles. The fourth-order valence-corrected chi connectivity index (χ4v) is 0.348. The van der Waals surface area contributed by atoms with E-state index in [0.29, 0.717) is 0 Å². The van der Waals surface area contributed by atoms with Crippen LogP contribution >= 0.6 is 0 Å². The highest BCUT2D eigenvalue weighted by Gasteiger charge is 1.77. The molecule has 0 aromatic rings. The van der Waals surface area contributed by atoms with Gasteiger partial charge in [0.15, 0.2) is 0 Å². The highest BCUT2D eigenvalue weighted by atomic mass is 32.2. The van der Waals surface area contributed by atoms with Crippen LogP contribution in [0.2, 0.25) is 0 Å². The molecule has 70 valence electrons. The normalized spacial score (nSPS) is 12.2. The molecular weight excluding hydrogens is 168 g/mol. The fraction of sp³-hybridized carbons (Fsp3) is 1.00. The van der Waals surface area contributed by atoms with Gasteiger partial charge in [0.25, 0.3) is 0 Å². The number of hydrogen-bond acceptors (Lipinski definition) is 5. The van der Waals surface area contributed by atoms with Crippen LogP contribution in [-0.4, -0.2) is 48.0 Å². The summed E-state index contributed by atoms with van der Waals surface area (Å²) >= 11 is -2.40. The van der Waals surface area contributed by atoms with Gasteiger partial charge in [0.1, 0.15) is 0 Å². The van der Waals surface area contributed by atoms with E-state index in [-0.39, 0.29) is 13.2 Å². The first kappa shape index (κ1) is 13.6. The van der Waals surface area contributed by atoms with Crippen molar-refractivity contribution < 1.29 is 12.9 Å². The Balaban J connectivity index is 0. The summed E-state index contributed by atoms with van der Waals surface area (Å²) < 4.78 is 22.9. The van der Waals surface area contributed by atoms with Gasteiger partial charge in [-0.25, -0.2) is 4.21 Å². The van der Waals surface area contributed by atoms with Crippen molar-refractivity contribution in [1.29, 1.82) is 0 Å². The fourth-order valence-electron chi connectivity index (χ4n) is 0.116. The summed E-state index contributed by atoms with van der Waals surface area (Å²) in [5.74, 6) is 0. The van der Waals surface area contributed by atoms with Crippen LogP contribution in [-0.2, 0) is 15.5 Å². The molecule has 5 nitrogen and oxygen atoms in total. The van der Waals surface area contributed by atoms with Crippen molar-refractivity contribution in [2.45, 2.75) is 0 Å². The van der Waals surface area contributed by atoms with E-state index in [9.17, 15) is 8.76 Å². The second-order valence-electron chi connectivity index (χ2n) is 2.16. The van der Waals surface area contributed by atoms with Crippen LogP contribution in [0.4, 0.5) is 0 Å². The molecule has 6 heteroatoms. The summed E-state index contributed by atoms with van der Waals surface area (Å²) in [6, 6.07) is 0. The molecule has 0 aliphatic heterocycles. The highest BCUT2D eigenvalue weighted by Crippen LogP contribution is 1.72. The first-order valence-electron chi connectivity index (χ1n) is 3.04. The second-order valence-corrected chi connectivity index (χ2v) is 2.80. The average Bonchev–Trinajstić information content (AvgIpc) is 1.82. The summed E-state index contributed by atoms with van der Waals surface area (Å²) in [4.78, 5) is 2.00. The van der Waals surface area contributed by atoms with Crippen molar-refractivity contribution in [3.63, 3.8) is 0 Å². The monoisotopic (exact) mass is 183 g/mol. The van der Waals surface area contributed by atoms with E-state index in [4.69, 9.17) is 5.73 Å². The van der Waals surface area contributed by atoms with Gasteiger partial charge in [-0.1, -0.05) is 0 Å². The van der Waals surface area contributed by atoms with Crippen LogP contribution in [0.15, 0.2) is 0 Å². The molecule has 0 bridgehead atoms. The summed E-state index contributed by atoms with van der Waals surface area (Å²) in [7, 11) is 6.00. The minimum atomic E-state index is -2.40. The molecule has 0 rings (SSSR count). The topological polar surface area (TPSA) is 78.6 Å². The van der Waals surface area contributed by atoms with E-state index in [2.05, 4.69) is 4.18 Å². The maximum absolute atomic E-state index is 9.48. The van der Waals surface area contributed by atoms with Crippen molar-refractivity contribution in [2.24, 2.45) is 5.73 Å². The van der Waals surface area contributed by atoms with Gasteiger partial charge < -0.3 is 15.2 Å². The molecule has 0 aromatic carbocycles. The maximum atomic E-state index is 9.48. The Morgan fingerprint density at radius 1 is 1.55 bits per heavy atom. The summed E-state index contributed by atoms with van der Waals surface area (Å²) in [6.07, 6.45) is 0. The number of hydrogen-bond donors (Lipinski definition) is 1. The Hall–Kier alpha value is -0.0100. The Bertz CT molecular complexity index is 97.0. The van der Waals surface area contributed by atoms with Crippen LogP contribution in [0.1, 0.15) is 0 Å². The predicted molar refractivity (Wildman–Crippen MR) is 43.5 cm³/mol. The van der Waals surface area contributed by atoms with Crippen molar-refractivity contribution in [3.05, 3.63) is 0 Å². The summed E-state index contributed by atoms with van der Waals surface area (Å²) in [6.45, 7) is 0.296. The van der Waals surface area contributed by atoms with Gasteiger partial charge in [-0.3, -0.25) is 4.18 Å². The summed E-state index contributed by atoms with van der Waals surface area (Å²) in [5, 5.41) is 0. The minimum Gasteiger partial charge on any atom is -0.750 e. The van der Waals surface area contributed by atoms with Gasteiger partial charge in [0.2, 0.25) is 0 Å². The van der Waals surface area contributed by atoms with E-state index in [0.717, 1.165) is 0 Å². The Kier molecular flexibility index (Phi) is 12.3. The minimum absolute atomic E-state index is 0.0656. The number of rotatable bonds is 3.